The van der Waals surface area contributed by atoms with Crippen molar-refractivity contribution in [3.63, 3.8) is 0 Å². The Bertz CT molecular complexity index is 402. The molecule has 0 atom stereocenters. The fraction of sp³-hybridized carbons (Fsp3) is 0.538. The van der Waals surface area contributed by atoms with Crippen LogP contribution in [0.4, 0.5) is 0 Å². The molecule has 0 amide bonds. The molecular formula is C13H18O4. The van der Waals surface area contributed by atoms with Crippen LogP contribution in [0.1, 0.15) is 33.6 Å². The van der Waals surface area contributed by atoms with E-state index in [-0.39, 0.29) is 11.9 Å². The third-order valence-corrected chi connectivity index (χ3v) is 2.80. The Labute approximate surface area is 101 Å². The number of hydrogen-bond acceptors (Lipinski definition) is 4. The van der Waals surface area contributed by atoms with E-state index in [0.29, 0.717) is 30.6 Å². The minimum atomic E-state index is -0.376. The highest BCUT2D eigenvalue weighted by atomic mass is 16.5. The molecule has 0 spiro atoms. The number of esters is 2. The van der Waals surface area contributed by atoms with Gasteiger partial charge in [-0.15, -0.1) is 0 Å². The monoisotopic (exact) mass is 238 g/mol. The highest BCUT2D eigenvalue weighted by molar-refractivity contribution is 6.02. The summed E-state index contributed by atoms with van der Waals surface area (Å²) in [7, 11) is 1.35. The van der Waals surface area contributed by atoms with E-state index in [4.69, 9.17) is 9.47 Å². The summed E-state index contributed by atoms with van der Waals surface area (Å²) in [4.78, 5) is 23.4. The highest BCUT2D eigenvalue weighted by Crippen LogP contribution is 2.35. The van der Waals surface area contributed by atoms with Gasteiger partial charge in [0.15, 0.2) is 0 Å². The minimum absolute atomic E-state index is 0.331. The molecule has 0 aromatic rings. The fourth-order valence-corrected chi connectivity index (χ4v) is 2.07. The van der Waals surface area contributed by atoms with Crippen molar-refractivity contribution < 1.29 is 19.1 Å². The summed E-state index contributed by atoms with van der Waals surface area (Å²) in [5.74, 6) is -0.707. The predicted molar refractivity (Wildman–Crippen MR) is 63.3 cm³/mol. The van der Waals surface area contributed by atoms with Gasteiger partial charge in [-0.25, -0.2) is 9.59 Å². The van der Waals surface area contributed by atoms with Crippen molar-refractivity contribution in [1.82, 2.24) is 0 Å². The molecular weight excluding hydrogens is 220 g/mol. The first-order valence-corrected chi connectivity index (χ1v) is 5.74. The van der Waals surface area contributed by atoms with Gasteiger partial charge in [-0.05, 0) is 25.8 Å². The van der Waals surface area contributed by atoms with E-state index in [2.05, 4.69) is 0 Å². The Morgan fingerprint density at radius 1 is 1.24 bits per heavy atom. The number of ether oxygens (including phenoxy) is 2. The Balaban J connectivity index is 3.09. The van der Waals surface area contributed by atoms with Gasteiger partial charge in [0, 0.05) is 12.0 Å². The van der Waals surface area contributed by atoms with E-state index in [0.717, 1.165) is 11.1 Å². The van der Waals surface area contributed by atoms with Crippen LogP contribution in [0.25, 0.3) is 0 Å². The Kier molecular flexibility index (Phi) is 4.49. The van der Waals surface area contributed by atoms with Crippen molar-refractivity contribution in [2.75, 3.05) is 13.7 Å². The molecule has 0 radical (unpaired) electrons. The lowest BCUT2D eigenvalue weighted by Crippen LogP contribution is -2.10. The molecule has 0 fully saturated rings. The van der Waals surface area contributed by atoms with Gasteiger partial charge in [-0.2, -0.15) is 0 Å². The molecule has 0 heterocycles. The third kappa shape index (κ3) is 2.57. The van der Waals surface area contributed by atoms with Gasteiger partial charge in [0.2, 0.25) is 0 Å². The second-order valence-corrected chi connectivity index (χ2v) is 3.85. The fourth-order valence-electron chi connectivity index (χ4n) is 2.07. The zero-order chi connectivity index (χ0) is 13.0. The van der Waals surface area contributed by atoms with Gasteiger partial charge in [0.05, 0.1) is 19.3 Å². The molecule has 4 heteroatoms. The van der Waals surface area contributed by atoms with Gasteiger partial charge in [-0.3, -0.25) is 0 Å². The lowest BCUT2D eigenvalue weighted by atomic mass is 10.0. The van der Waals surface area contributed by atoms with Crippen LogP contribution in [0.15, 0.2) is 22.3 Å². The first-order chi connectivity index (χ1) is 8.06. The molecule has 4 nitrogen and oxygen atoms in total. The normalized spacial score (nSPS) is 15.3. The van der Waals surface area contributed by atoms with Crippen LogP contribution >= 0.6 is 0 Å². The maximum absolute atomic E-state index is 11.8. The van der Waals surface area contributed by atoms with Gasteiger partial charge < -0.3 is 9.47 Å². The summed E-state index contributed by atoms with van der Waals surface area (Å²) in [5.41, 5.74) is 2.76. The van der Waals surface area contributed by atoms with E-state index >= 15 is 0 Å². The first kappa shape index (κ1) is 13.5. The molecule has 1 aliphatic rings. The summed E-state index contributed by atoms with van der Waals surface area (Å²) < 4.78 is 9.73. The molecule has 17 heavy (non-hydrogen) atoms. The second-order valence-electron chi connectivity index (χ2n) is 3.85. The largest absolute Gasteiger partial charge is 0.465 e. The van der Waals surface area contributed by atoms with E-state index in [1.54, 1.807) is 6.92 Å². The summed E-state index contributed by atoms with van der Waals surface area (Å²) in [6.07, 6.45) is 1.10. The molecule has 0 saturated heterocycles. The van der Waals surface area contributed by atoms with Crippen LogP contribution in [0.2, 0.25) is 0 Å². The Morgan fingerprint density at radius 2 is 1.88 bits per heavy atom. The number of allylic oxidation sites excluding steroid dienone is 1. The van der Waals surface area contributed by atoms with Crippen LogP contribution in [0, 0.1) is 0 Å². The average molecular weight is 238 g/mol. The minimum Gasteiger partial charge on any atom is -0.465 e. The van der Waals surface area contributed by atoms with E-state index in [1.165, 1.54) is 7.11 Å². The van der Waals surface area contributed by atoms with Gasteiger partial charge in [0.25, 0.3) is 0 Å². The molecule has 0 aliphatic heterocycles. The molecule has 1 rings (SSSR count). The number of methoxy groups -OCH3 is 1. The maximum atomic E-state index is 11.8. The van der Waals surface area contributed by atoms with Crippen molar-refractivity contribution in [1.29, 1.82) is 0 Å². The molecule has 0 N–H and O–H groups in total. The number of carbonyl (C=O) groups excluding carboxylic acids is 2. The van der Waals surface area contributed by atoms with Crippen molar-refractivity contribution in [2.24, 2.45) is 0 Å². The van der Waals surface area contributed by atoms with E-state index < -0.39 is 0 Å². The summed E-state index contributed by atoms with van der Waals surface area (Å²) in [6.45, 7) is 5.86. The van der Waals surface area contributed by atoms with Crippen LogP contribution in [0.3, 0.4) is 0 Å². The zero-order valence-corrected chi connectivity index (χ0v) is 10.8. The van der Waals surface area contributed by atoms with Crippen molar-refractivity contribution in [3.8, 4) is 0 Å². The lowest BCUT2D eigenvalue weighted by Gasteiger charge is -2.07. The molecule has 0 aromatic heterocycles. The lowest BCUT2D eigenvalue weighted by molar-refractivity contribution is -0.138. The zero-order valence-electron chi connectivity index (χ0n) is 10.8. The standard InChI is InChI=1S/C13H18O4/c1-5-9-10(12(14)17-6-2)7-8(3)11(9)13(15)16-4/h5-7H2,1-4H3. The summed E-state index contributed by atoms with van der Waals surface area (Å²) in [6, 6.07) is 0. The molecule has 0 aromatic carbocycles. The van der Waals surface area contributed by atoms with Crippen LogP contribution in [-0.4, -0.2) is 25.7 Å². The van der Waals surface area contributed by atoms with Crippen molar-refractivity contribution in [2.45, 2.75) is 33.6 Å². The highest BCUT2D eigenvalue weighted by Gasteiger charge is 2.30. The SMILES string of the molecule is CCOC(=O)C1=C(CC)C(C(=O)OC)=C(C)C1. The summed E-state index contributed by atoms with van der Waals surface area (Å²) in [5, 5.41) is 0. The first-order valence-electron chi connectivity index (χ1n) is 5.74. The number of carbonyl (C=O) groups is 2. The summed E-state index contributed by atoms with van der Waals surface area (Å²) >= 11 is 0. The van der Waals surface area contributed by atoms with Gasteiger partial charge >= 0.3 is 11.9 Å². The van der Waals surface area contributed by atoms with E-state index in [9.17, 15) is 9.59 Å². The van der Waals surface area contributed by atoms with Gasteiger partial charge in [-0.1, -0.05) is 12.5 Å². The van der Waals surface area contributed by atoms with Crippen molar-refractivity contribution in [3.05, 3.63) is 22.3 Å². The van der Waals surface area contributed by atoms with Crippen LogP contribution in [0.5, 0.6) is 0 Å². The van der Waals surface area contributed by atoms with Crippen LogP contribution < -0.4 is 0 Å². The van der Waals surface area contributed by atoms with E-state index in [1.807, 2.05) is 13.8 Å². The smallest absolute Gasteiger partial charge is 0.338 e. The molecule has 94 valence electrons. The average Bonchev–Trinajstić information content (AvgIpc) is 2.65. The Morgan fingerprint density at radius 3 is 2.35 bits per heavy atom. The quantitative estimate of drug-likeness (QED) is 0.704. The second kappa shape index (κ2) is 5.66. The number of hydrogen-bond donors (Lipinski definition) is 0. The maximum Gasteiger partial charge on any atom is 0.338 e. The van der Waals surface area contributed by atoms with Gasteiger partial charge in [0.1, 0.15) is 0 Å². The van der Waals surface area contributed by atoms with Crippen LogP contribution in [-0.2, 0) is 19.1 Å². The molecule has 0 bridgehead atoms. The molecule has 1 aliphatic carbocycles. The third-order valence-electron chi connectivity index (χ3n) is 2.80. The van der Waals surface area contributed by atoms with Crippen molar-refractivity contribution >= 4 is 11.9 Å². The molecule has 0 saturated carbocycles. The topological polar surface area (TPSA) is 52.6 Å². The Hall–Kier alpha value is -1.58. The number of rotatable bonds is 4. The predicted octanol–water partition coefficient (Wildman–Crippen LogP) is 2.15. The molecule has 0 unspecified atom stereocenters.